The molecule has 3 heterocycles. The summed E-state index contributed by atoms with van der Waals surface area (Å²) in [7, 11) is 1.62. The molecule has 4 atom stereocenters. The number of fused-ring (bicyclic) bond motifs is 1. The smallest absolute Gasteiger partial charge is 0.312 e. The van der Waals surface area contributed by atoms with Gasteiger partial charge in [-0.15, -0.1) is 0 Å². The maximum atomic E-state index is 15.4. The van der Waals surface area contributed by atoms with Crippen LogP contribution in [-0.4, -0.2) is 38.9 Å². The Hall–Kier alpha value is -4.37. The van der Waals surface area contributed by atoms with E-state index in [2.05, 4.69) is 20.3 Å². The van der Waals surface area contributed by atoms with E-state index in [1.165, 1.54) is 10.9 Å². The fraction of sp³-hybridized carbons (Fsp3) is 0.281. The molecule has 0 aliphatic carbocycles. The van der Waals surface area contributed by atoms with Crippen LogP contribution in [0.1, 0.15) is 43.2 Å². The van der Waals surface area contributed by atoms with Crippen molar-refractivity contribution < 1.29 is 18.3 Å². The van der Waals surface area contributed by atoms with Gasteiger partial charge in [0.25, 0.3) is 0 Å². The van der Waals surface area contributed by atoms with Gasteiger partial charge in [0, 0.05) is 5.92 Å². The van der Waals surface area contributed by atoms with E-state index < -0.39 is 24.0 Å². The predicted octanol–water partition coefficient (Wildman–Crippen LogP) is 6.66. The van der Waals surface area contributed by atoms with Gasteiger partial charge in [-0.05, 0) is 35.2 Å². The second kappa shape index (κ2) is 10.9. The highest BCUT2D eigenvalue weighted by atomic mass is 19.1. The van der Waals surface area contributed by atoms with Gasteiger partial charge in [0.1, 0.15) is 11.3 Å². The predicted molar refractivity (Wildman–Crippen MR) is 153 cm³/mol. The number of aromatic nitrogens is 4. The molecule has 1 N–H and O–H groups in total. The van der Waals surface area contributed by atoms with Gasteiger partial charge in [0.05, 0.1) is 19.5 Å². The van der Waals surface area contributed by atoms with Crippen molar-refractivity contribution in [1.82, 2.24) is 19.5 Å². The standard InChI is InChI=1S/C32H31F2N5O2/c1-4-25-20(2)26(33)30(41-25)39-19-35-27-28(36-31(34)37-29(27)39)38-32(21-11-7-5-8-12-21,22-13-9-6-10-14-22)23-15-17-24(40-3)18-16-23/h5-20,25-26,30H,4H2,1-3H3,(H,36,37,38)/t20-,25-,26+,30-/m1/s1. The quantitative estimate of drug-likeness (QED) is 0.171. The maximum absolute atomic E-state index is 15.4. The zero-order valence-corrected chi connectivity index (χ0v) is 23.0. The summed E-state index contributed by atoms with van der Waals surface area (Å²) in [6.07, 6.45) is -1.35. The SMILES string of the molecule is CC[C@H]1O[C@@H](n2cnc3c(NC(c4ccccc4)(c4ccccc4)c4ccc(OC)cc4)nc(F)nc32)[C@@H](F)[C@@H]1C. The zero-order chi connectivity index (χ0) is 28.6. The highest BCUT2D eigenvalue weighted by Gasteiger charge is 2.44. The van der Waals surface area contributed by atoms with Gasteiger partial charge in [-0.25, -0.2) is 9.37 Å². The number of benzene rings is 3. The molecule has 0 bridgehead atoms. The van der Waals surface area contributed by atoms with Crippen molar-refractivity contribution in [2.24, 2.45) is 5.92 Å². The molecule has 41 heavy (non-hydrogen) atoms. The number of halogens is 2. The van der Waals surface area contributed by atoms with E-state index in [0.29, 0.717) is 17.7 Å². The van der Waals surface area contributed by atoms with Gasteiger partial charge in [-0.3, -0.25) is 4.57 Å². The van der Waals surface area contributed by atoms with Crippen LogP contribution in [0.4, 0.5) is 14.6 Å². The van der Waals surface area contributed by atoms with E-state index in [9.17, 15) is 0 Å². The number of hydrogen-bond donors (Lipinski definition) is 1. The summed E-state index contributed by atoms with van der Waals surface area (Å²) in [6, 6.07) is 27.4. The summed E-state index contributed by atoms with van der Waals surface area (Å²) in [5.41, 5.74) is 2.10. The molecule has 0 radical (unpaired) electrons. The fourth-order valence-electron chi connectivity index (χ4n) is 5.80. The molecular formula is C32H31F2N5O2. The van der Waals surface area contributed by atoms with Crippen molar-refractivity contribution in [3.8, 4) is 5.75 Å². The molecule has 210 valence electrons. The summed E-state index contributed by atoms with van der Waals surface area (Å²) < 4.78 is 43.5. The molecule has 3 aromatic carbocycles. The van der Waals surface area contributed by atoms with E-state index in [-0.39, 0.29) is 23.5 Å². The zero-order valence-electron chi connectivity index (χ0n) is 23.0. The number of rotatable bonds is 8. The number of methoxy groups -OCH3 is 1. The Bertz CT molecular complexity index is 1590. The Balaban J connectivity index is 1.55. The molecule has 1 aliphatic rings. The number of nitrogens with zero attached hydrogens (tertiary/aromatic N) is 4. The molecule has 2 aromatic heterocycles. The summed E-state index contributed by atoms with van der Waals surface area (Å²) in [5.74, 6) is 0.559. The van der Waals surface area contributed by atoms with E-state index in [1.54, 1.807) is 7.11 Å². The lowest BCUT2D eigenvalue weighted by Crippen LogP contribution is -2.38. The molecule has 0 amide bonds. The molecule has 5 aromatic rings. The van der Waals surface area contributed by atoms with Gasteiger partial charge in [-0.1, -0.05) is 86.6 Å². The Morgan fingerprint density at radius 2 is 1.54 bits per heavy atom. The van der Waals surface area contributed by atoms with Gasteiger partial charge < -0.3 is 14.8 Å². The van der Waals surface area contributed by atoms with Crippen LogP contribution in [0.2, 0.25) is 0 Å². The largest absolute Gasteiger partial charge is 0.497 e. The summed E-state index contributed by atoms with van der Waals surface area (Å²) in [6.45, 7) is 3.78. The fourth-order valence-corrected chi connectivity index (χ4v) is 5.80. The molecule has 0 unspecified atom stereocenters. The maximum Gasteiger partial charge on any atom is 0.312 e. The molecule has 0 saturated carbocycles. The Morgan fingerprint density at radius 3 is 2.10 bits per heavy atom. The lowest BCUT2D eigenvalue weighted by Gasteiger charge is -2.37. The molecule has 7 nitrogen and oxygen atoms in total. The monoisotopic (exact) mass is 555 g/mol. The van der Waals surface area contributed by atoms with Gasteiger partial charge >= 0.3 is 6.08 Å². The van der Waals surface area contributed by atoms with Crippen LogP contribution in [-0.2, 0) is 10.3 Å². The minimum atomic E-state index is -1.29. The average Bonchev–Trinajstić information content (AvgIpc) is 3.56. The third kappa shape index (κ3) is 4.60. The van der Waals surface area contributed by atoms with Crippen LogP contribution in [0.5, 0.6) is 5.75 Å². The molecular weight excluding hydrogens is 524 g/mol. The molecule has 1 aliphatic heterocycles. The average molecular weight is 556 g/mol. The van der Waals surface area contributed by atoms with Crippen LogP contribution in [0.15, 0.2) is 91.3 Å². The van der Waals surface area contributed by atoms with Crippen molar-refractivity contribution in [2.75, 3.05) is 12.4 Å². The summed E-state index contributed by atoms with van der Waals surface area (Å²) >= 11 is 0. The van der Waals surface area contributed by atoms with Gasteiger partial charge in [0.2, 0.25) is 0 Å². The van der Waals surface area contributed by atoms with Crippen LogP contribution in [0.3, 0.4) is 0 Å². The van der Waals surface area contributed by atoms with Crippen LogP contribution in [0, 0.1) is 12.0 Å². The second-order valence-electron chi connectivity index (χ2n) is 10.3. The molecule has 1 saturated heterocycles. The number of alkyl halides is 1. The van der Waals surface area contributed by atoms with Crippen LogP contribution >= 0.6 is 0 Å². The van der Waals surface area contributed by atoms with Crippen molar-refractivity contribution in [2.45, 2.75) is 44.3 Å². The minimum Gasteiger partial charge on any atom is -0.497 e. The molecule has 6 rings (SSSR count). The van der Waals surface area contributed by atoms with Crippen molar-refractivity contribution in [3.05, 3.63) is 114 Å². The first kappa shape index (κ1) is 26.8. The Kier molecular flexibility index (Phi) is 7.13. The lowest BCUT2D eigenvalue weighted by atomic mass is 9.77. The van der Waals surface area contributed by atoms with Crippen LogP contribution < -0.4 is 10.1 Å². The molecule has 9 heteroatoms. The third-order valence-corrected chi connectivity index (χ3v) is 7.99. The van der Waals surface area contributed by atoms with Gasteiger partial charge in [-0.2, -0.15) is 14.4 Å². The van der Waals surface area contributed by atoms with Crippen molar-refractivity contribution in [3.63, 3.8) is 0 Å². The number of anilines is 1. The van der Waals surface area contributed by atoms with Crippen molar-refractivity contribution >= 4 is 17.0 Å². The van der Waals surface area contributed by atoms with E-state index in [0.717, 1.165) is 16.7 Å². The number of imidazole rings is 1. The second-order valence-corrected chi connectivity index (χ2v) is 10.3. The van der Waals surface area contributed by atoms with Crippen molar-refractivity contribution in [1.29, 1.82) is 0 Å². The Labute approximate surface area is 237 Å². The molecule has 0 spiro atoms. The number of ether oxygens (including phenoxy) is 2. The highest BCUT2D eigenvalue weighted by molar-refractivity contribution is 5.84. The first-order valence-electron chi connectivity index (χ1n) is 13.7. The molecule has 1 fully saturated rings. The van der Waals surface area contributed by atoms with E-state index in [1.807, 2.05) is 98.8 Å². The minimum absolute atomic E-state index is 0.154. The summed E-state index contributed by atoms with van der Waals surface area (Å²) in [5, 5.41) is 3.56. The third-order valence-electron chi connectivity index (χ3n) is 7.99. The Morgan fingerprint density at radius 1 is 0.927 bits per heavy atom. The van der Waals surface area contributed by atoms with E-state index >= 15 is 8.78 Å². The summed E-state index contributed by atoms with van der Waals surface area (Å²) in [4.78, 5) is 12.8. The first-order chi connectivity index (χ1) is 20.0. The normalized spacial score (nSPS) is 20.8. The topological polar surface area (TPSA) is 74.1 Å². The number of nitrogens with one attached hydrogen (secondary N) is 1. The van der Waals surface area contributed by atoms with E-state index in [4.69, 9.17) is 9.47 Å². The highest BCUT2D eigenvalue weighted by Crippen LogP contribution is 2.42. The van der Waals surface area contributed by atoms with Gasteiger partial charge in [0.15, 0.2) is 29.4 Å². The van der Waals surface area contributed by atoms with Crippen LogP contribution in [0.25, 0.3) is 11.2 Å². The number of hydrogen-bond acceptors (Lipinski definition) is 6. The lowest BCUT2D eigenvalue weighted by molar-refractivity contribution is -0.0187. The first-order valence-corrected chi connectivity index (χ1v) is 13.7.